The maximum absolute atomic E-state index is 10.9. The zero-order valence-corrected chi connectivity index (χ0v) is 15.8. The third kappa shape index (κ3) is 4.63. The number of furan rings is 1. The number of nitrogens with zero attached hydrogens (tertiary/aromatic N) is 1. The van der Waals surface area contributed by atoms with Gasteiger partial charge in [-0.2, -0.15) is 0 Å². The lowest BCUT2D eigenvalue weighted by atomic mass is 9.82. The van der Waals surface area contributed by atoms with Gasteiger partial charge in [-0.1, -0.05) is 31.4 Å². The molecule has 2 aliphatic rings. The molecule has 1 fully saturated rings. The van der Waals surface area contributed by atoms with Gasteiger partial charge in [-0.15, -0.1) is 0 Å². The third-order valence-electron chi connectivity index (χ3n) is 5.77. The van der Waals surface area contributed by atoms with E-state index in [9.17, 15) is 5.11 Å². The van der Waals surface area contributed by atoms with E-state index in [0.717, 1.165) is 49.5 Å². The fourth-order valence-corrected chi connectivity index (χ4v) is 4.23. The van der Waals surface area contributed by atoms with Gasteiger partial charge in [0, 0.05) is 25.2 Å². The van der Waals surface area contributed by atoms with Gasteiger partial charge in [-0.05, 0) is 54.7 Å². The first kappa shape index (κ1) is 18.3. The summed E-state index contributed by atoms with van der Waals surface area (Å²) in [6, 6.07) is 10.1. The minimum Gasteiger partial charge on any atom is -0.492 e. The Balaban J connectivity index is 1.44. The van der Waals surface area contributed by atoms with Gasteiger partial charge in [0.1, 0.15) is 18.1 Å². The minimum atomic E-state index is -0.355. The zero-order valence-electron chi connectivity index (χ0n) is 15.8. The molecule has 144 valence electrons. The normalized spacial score (nSPS) is 20.2. The SMILES string of the molecule is O[C@H](c1ccc2c(c1)CN(C/C=C/c1ccco1)CCO2)C1CCCCC1. The average Bonchev–Trinajstić information content (AvgIpc) is 3.14. The molecule has 1 saturated carbocycles. The first-order valence-electron chi connectivity index (χ1n) is 10.2. The van der Waals surface area contributed by atoms with E-state index in [0.29, 0.717) is 12.5 Å². The van der Waals surface area contributed by atoms with Gasteiger partial charge in [-0.3, -0.25) is 4.90 Å². The Bertz CT molecular complexity index is 747. The van der Waals surface area contributed by atoms with Crippen LogP contribution in [0.3, 0.4) is 0 Å². The van der Waals surface area contributed by atoms with Gasteiger partial charge in [-0.25, -0.2) is 0 Å². The number of hydrogen-bond donors (Lipinski definition) is 1. The predicted molar refractivity (Wildman–Crippen MR) is 106 cm³/mol. The van der Waals surface area contributed by atoms with Crippen LogP contribution in [0.5, 0.6) is 5.75 Å². The summed E-state index contributed by atoms with van der Waals surface area (Å²) >= 11 is 0. The molecule has 1 atom stereocenters. The Hall–Kier alpha value is -2.04. The van der Waals surface area contributed by atoms with Crippen LogP contribution in [0.25, 0.3) is 6.08 Å². The van der Waals surface area contributed by atoms with E-state index in [-0.39, 0.29) is 6.10 Å². The van der Waals surface area contributed by atoms with Gasteiger partial charge in [0.15, 0.2) is 0 Å². The van der Waals surface area contributed by atoms with Crippen molar-refractivity contribution in [3.8, 4) is 5.75 Å². The Kier molecular flexibility index (Phi) is 5.95. The quantitative estimate of drug-likeness (QED) is 0.824. The molecule has 27 heavy (non-hydrogen) atoms. The standard InChI is InChI=1S/C23H29NO3/c25-23(18-6-2-1-3-7-18)19-10-11-22-20(16-19)17-24(13-15-27-22)12-4-8-21-9-5-14-26-21/h4-5,8-11,14,16,18,23,25H,1-3,6-7,12-13,15,17H2/b8-4+/t23-/m0/s1. The molecule has 2 heterocycles. The first-order valence-corrected chi connectivity index (χ1v) is 10.2. The van der Waals surface area contributed by atoms with Crippen molar-refractivity contribution in [3.05, 3.63) is 59.6 Å². The molecule has 1 aromatic carbocycles. The number of hydrogen-bond acceptors (Lipinski definition) is 4. The molecule has 0 amide bonds. The summed E-state index contributed by atoms with van der Waals surface area (Å²) in [6.07, 6.45) is 11.5. The van der Waals surface area contributed by atoms with Crippen LogP contribution in [0.4, 0.5) is 0 Å². The molecule has 0 radical (unpaired) electrons. The molecule has 0 unspecified atom stereocenters. The highest BCUT2D eigenvalue weighted by Crippen LogP contribution is 2.36. The topological polar surface area (TPSA) is 45.8 Å². The summed E-state index contributed by atoms with van der Waals surface area (Å²) < 4.78 is 11.3. The fraction of sp³-hybridized carbons (Fsp3) is 0.478. The van der Waals surface area contributed by atoms with Crippen LogP contribution in [0.1, 0.15) is 55.1 Å². The number of benzene rings is 1. The number of aliphatic hydroxyl groups excluding tert-OH is 1. The molecule has 1 aromatic heterocycles. The maximum Gasteiger partial charge on any atom is 0.126 e. The number of aliphatic hydroxyl groups is 1. The summed E-state index contributed by atoms with van der Waals surface area (Å²) in [4.78, 5) is 2.36. The summed E-state index contributed by atoms with van der Waals surface area (Å²) in [5.74, 6) is 2.22. The molecular weight excluding hydrogens is 338 g/mol. The maximum atomic E-state index is 10.9. The Morgan fingerprint density at radius 1 is 1.19 bits per heavy atom. The zero-order chi connectivity index (χ0) is 18.5. The van der Waals surface area contributed by atoms with Crippen LogP contribution >= 0.6 is 0 Å². The second-order valence-corrected chi connectivity index (χ2v) is 7.71. The monoisotopic (exact) mass is 367 g/mol. The molecule has 4 heteroatoms. The lowest BCUT2D eigenvalue weighted by molar-refractivity contribution is 0.0847. The van der Waals surface area contributed by atoms with E-state index >= 15 is 0 Å². The van der Waals surface area contributed by atoms with Crippen molar-refractivity contribution < 1.29 is 14.3 Å². The van der Waals surface area contributed by atoms with E-state index in [1.165, 1.54) is 24.8 Å². The Morgan fingerprint density at radius 2 is 2.07 bits per heavy atom. The highest BCUT2D eigenvalue weighted by atomic mass is 16.5. The second kappa shape index (κ2) is 8.77. The summed E-state index contributed by atoms with van der Waals surface area (Å²) in [5, 5.41) is 10.9. The highest BCUT2D eigenvalue weighted by molar-refractivity contribution is 5.42. The molecular formula is C23H29NO3. The molecule has 1 aliphatic heterocycles. The Labute approximate surface area is 161 Å². The Morgan fingerprint density at radius 3 is 2.89 bits per heavy atom. The van der Waals surface area contributed by atoms with Crippen molar-refractivity contribution >= 4 is 6.08 Å². The van der Waals surface area contributed by atoms with Crippen LogP contribution in [-0.4, -0.2) is 29.7 Å². The molecule has 0 saturated heterocycles. The number of rotatable bonds is 5. The van der Waals surface area contributed by atoms with Crippen LogP contribution < -0.4 is 4.74 Å². The fourth-order valence-electron chi connectivity index (χ4n) is 4.23. The highest BCUT2D eigenvalue weighted by Gasteiger charge is 2.24. The van der Waals surface area contributed by atoms with Crippen molar-refractivity contribution in [2.24, 2.45) is 5.92 Å². The van der Waals surface area contributed by atoms with Crippen molar-refractivity contribution in [1.82, 2.24) is 4.90 Å². The molecule has 1 N–H and O–H groups in total. The van der Waals surface area contributed by atoms with Gasteiger partial charge in [0.25, 0.3) is 0 Å². The summed E-state index contributed by atoms with van der Waals surface area (Å²) in [5.41, 5.74) is 2.21. The average molecular weight is 367 g/mol. The van der Waals surface area contributed by atoms with Gasteiger partial charge in [0.05, 0.1) is 12.4 Å². The number of fused-ring (bicyclic) bond motifs is 1. The number of ether oxygens (including phenoxy) is 1. The van der Waals surface area contributed by atoms with Crippen molar-refractivity contribution in [2.45, 2.75) is 44.8 Å². The molecule has 0 spiro atoms. The molecule has 0 bridgehead atoms. The smallest absolute Gasteiger partial charge is 0.126 e. The van der Waals surface area contributed by atoms with Gasteiger partial charge < -0.3 is 14.3 Å². The predicted octanol–water partition coefficient (Wildman–Crippen LogP) is 4.80. The largest absolute Gasteiger partial charge is 0.492 e. The third-order valence-corrected chi connectivity index (χ3v) is 5.77. The van der Waals surface area contributed by atoms with Crippen molar-refractivity contribution in [3.63, 3.8) is 0 Å². The van der Waals surface area contributed by atoms with Gasteiger partial charge in [0.2, 0.25) is 0 Å². The minimum absolute atomic E-state index is 0.355. The molecule has 4 nitrogen and oxygen atoms in total. The lowest BCUT2D eigenvalue weighted by Crippen LogP contribution is -2.25. The van der Waals surface area contributed by atoms with E-state index in [4.69, 9.17) is 9.15 Å². The second-order valence-electron chi connectivity index (χ2n) is 7.71. The molecule has 1 aliphatic carbocycles. The van der Waals surface area contributed by atoms with Crippen LogP contribution in [0.15, 0.2) is 47.1 Å². The van der Waals surface area contributed by atoms with E-state index in [1.807, 2.05) is 30.3 Å². The van der Waals surface area contributed by atoms with E-state index < -0.39 is 0 Å². The first-order chi connectivity index (χ1) is 13.3. The van der Waals surface area contributed by atoms with Crippen LogP contribution in [-0.2, 0) is 6.54 Å². The summed E-state index contributed by atoms with van der Waals surface area (Å²) in [7, 11) is 0. The molecule has 2 aromatic rings. The van der Waals surface area contributed by atoms with E-state index in [1.54, 1.807) is 6.26 Å². The molecule has 4 rings (SSSR count). The van der Waals surface area contributed by atoms with Gasteiger partial charge >= 0.3 is 0 Å². The van der Waals surface area contributed by atoms with Crippen LogP contribution in [0.2, 0.25) is 0 Å². The van der Waals surface area contributed by atoms with E-state index in [2.05, 4.69) is 17.0 Å². The summed E-state index contributed by atoms with van der Waals surface area (Å²) in [6.45, 7) is 3.26. The lowest BCUT2D eigenvalue weighted by Gasteiger charge is -2.27. The van der Waals surface area contributed by atoms with Crippen LogP contribution in [0, 0.1) is 5.92 Å². The van der Waals surface area contributed by atoms with Crippen molar-refractivity contribution in [1.29, 1.82) is 0 Å². The van der Waals surface area contributed by atoms with Crippen molar-refractivity contribution in [2.75, 3.05) is 19.7 Å².